The Hall–Kier alpha value is -2.95. The maximum atomic E-state index is 12.7. The molecule has 0 amide bonds. The van der Waals surface area contributed by atoms with E-state index in [-0.39, 0.29) is 17.9 Å². The van der Waals surface area contributed by atoms with Crippen LogP contribution in [0.5, 0.6) is 0 Å². The number of nitrogens with zero attached hydrogens (tertiary/aromatic N) is 2. The van der Waals surface area contributed by atoms with E-state index < -0.39 is 0 Å². The molecule has 0 aliphatic heterocycles. The van der Waals surface area contributed by atoms with Crippen LogP contribution in [-0.4, -0.2) is 22.9 Å². The Morgan fingerprint density at radius 1 is 1.12 bits per heavy atom. The zero-order valence-electron chi connectivity index (χ0n) is 13.7. The van der Waals surface area contributed by atoms with Crippen LogP contribution in [0.25, 0.3) is 10.8 Å². The maximum absolute atomic E-state index is 12.7. The second kappa shape index (κ2) is 6.66. The van der Waals surface area contributed by atoms with E-state index in [2.05, 4.69) is 5.10 Å². The van der Waals surface area contributed by atoms with Crippen molar-refractivity contribution in [2.75, 3.05) is 7.11 Å². The zero-order chi connectivity index (χ0) is 17.1. The molecule has 0 bridgehead atoms. The second-order valence-electron chi connectivity index (χ2n) is 5.70. The molecule has 0 atom stereocenters. The molecule has 0 saturated heterocycles. The number of ether oxygens (including phenoxy) is 1. The average molecular weight is 322 g/mol. The summed E-state index contributed by atoms with van der Waals surface area (Å²) in [6, 6.07) is 15.1. The van der Waals surface area contributed by atoms with Gasteiger partial charge in [0.25, 0.3) is 5.56 Å². The monoisotopic (exact) mass is 322 g/mol. The molecule has 0 saturated carbocycles. The quantitative estimate of drug-likeness (QED) is 0.692. The van der Waals surface area contributed by atoms with Crippen LogP contribution in [0.3, 0.4) is 0 Å². The SMILES string of the molecule is COC(=O)Cc1nn(Cc2cccc(C)c2)c(=O)c2ccccc12. The van der Waals surface area contributed by atoms with Crippen molar-refractivity contribution in [1.82, 2.24) is 9.78 Å². The van der Waals surface area contributed by atoms with Crippen LogP contribution in [0.15, 0.2) is 53.3 Å². The largest absolute Gasteiger partial charge is 0.469 e. The number of aryl methyl sites for hydroxylation is 1. The van der Waals surface area contributed by atoms with E-state index in [1.807, 2.05) is 43.3 Å². The summed E-state index contributed by atoms with van der Waals surface area (Å²) in [6.45, 7) is 2.36. The summed E-state index contributed by atoms with van der Waals surface area (Å²) < 4.78 is 6.15. The summed E-state index contributed by atoms with van der Waals surface area (Å²) >= 11 is 0. The van der Waals surface area contributed by atoms with E-state index in [0.29, 0.717) is 23.0 Å². The fourth-order valence-corrected chi connectivity index (χ4v) is 2.74. The van der Waals surface area contributed by atoms with Gasteiger partial charge in [-0.15, -0.1) is 0 Å². The van der Waals surface area contributed by atoms with Gasteiger partial charge in [-0.25, -0.2) is 4.68 Å². The summed E-state index contributed by atoms with van der Waals surface area (Å²) in [6.07, 6.45) is 0.0328. The van der Waals surface area contributed by atoms with Crippen molar-refractivity contribution in [2.45, 2.75) is 19.9 Å². The van der Waals surface area contributed by atoms with Crippen LogP contribution in [0, 0.1) is 6.92 Å². The number of hydrogen-bond acceptors (Lipinski definition) is 4. The Morgan fingerprint density at radius 2 is 1.88 bits per heavy atom. The molecule has 1 aromatic heterocycles. The number of hydrogen-bond donors (Lipinski definition) is 0. The van der Waals surface area contributed by atoms with Crippen LogP contribution in [-0.2, 0) is 22.5 Å². The molecule has 0 radical (unpaired) electrons. The Bertz CT molecular complexity index is 960. The first-order valence-electron chi connectivity index (χ1n) is 7.69. The third-order valence-electron chi connectivity index (χ3n) is 3.90. The average Bonchev–Trinajstić information content (AvgIpc) is 2.59. The van der Waals surface area contributed by atoms with Gasteiger partial charge >= 0.3 is 5.97 Å². The van der Waals surface area contributed by atoms with Gasteiger partial charge in [0, 0.05) is 5.39 Å². The molecule has 0 aliphatic carbocycles. The Balaban J connectivity index is 2.12. The van der Waals surface area contributed by atoms with Crippen LogP contribution in [0.4, 0.5) is 0 Å². The van der Waals surface area contributed by atoms with Crippen molar-refractivity contribution in [3.63, 3.8) is 0 Å². The highest BCUT2D eigenvalue weighted by molar-refractivity contribution is 5.86. The molecule has 0 fully saturated rings. The molecule has 3 rings (SSSR count). The first-order chi connectivity index (χ1) is 11.6. The predicted molar refractivity (Wildman–Crippen MR) is 92.0 cm³/mol. The van der Waals surface area contributed by atoms with Gasteiger partial charge in [0.1, 0.15) is 0 Å². The number of esters is 1. The summed E-state index contributed by atoms with van der Waals surface area (Å²) in [5.74, 6) is -0.381. The highest BCUT2D eigenvalue weighted by Gasteiger charge is 2.14. The molecule has 3 aromatic rings. The number of fused-ring (bicyclic) bond motifs is 1. The van der Waals surface area contributed by atoms with Crippen molar-refractivity contribution in [1.29, 1.82) is 0 Å². The van der Waals surface area contributed by atoms with Gasteiger partial charge in [-0.05, 0) is 18.6 Å². The number of methoxy groups -OCH3 is 1. The van der Waals surface area contributed by atoms with Crippen molar-refractivity contribution >= 4 is 16.7 Å². The molecule has 0 spiro atoms. The van der Waals surface area contributed by atoms with E-state index in [4.69, 9.17) is 4.74 Å². The third kappa shape index (κ3) is 3.20. The summed E-state index contributed by atoms with van der Waals surface area (Å²) in [4.78, 5) is 24.4. The minimum atomic E-state index is -0.381. The highest BCUT2D eigenvalue weighted by Crippen LogP contribution is 2.15. The lowest BCUT2D eigenvalue weighted by molar-refractivity contribution is -0.139. The number of carbonyl (C=O) groups is 1. The lowest BCUT2D eigenvalue weighted by atomic mass is 10.1. The van der Waals surface area contributed by atoms with E-state index in [9.17, 15) is 9.59 Å². The molecule has 1 heterocycles. The molecular formula is C19H18N2O3. The molecule has 24 heavy (non-hydrogen) atoms. The summed E-state index contributed by atoms with van der Waals surface area (Å²) in [5, 5.41) is 5.66. The molecule has 0 unspecified atom stereocenters. The molecule has 5 heteroatoms. The number of rotatable bonds is 4. The van der Waals surface area contributed by atoms with Crippen LogP contribution in [0.2, 0.25) is 0 Å². The normalized spacial score (nSPS) is 10.8. The highest BCUT2D eigenvalue weighted by atomic mass is 16.5. The van der Waals surface area contributed by atoms with Gasteiger partial charge in [0.2, 0.25) is 0 Å². The fraction of sp³-hybridized carbons (Fsp3) is 0.211. The van der Waals surface area contributed by atoms with Crippen LogP contribution >= 0.6 is 0 Å². The molecule has 5 nitrogen and oxygen atoms in total. The number of carbonyl (C=O) groups excluding carboxylic acids is 1. The lowest BCUT2D eigenvalue weighted by Gasteiger charge is -2.11. The van der Waals surface area contributed by atoms with Gasteiger partial charge in [0.05, 0.1) is 31.2 Å². The van der Waals surface area contributed by atoms with Crippen molar-refractivity contribution in [3.8, 4) is 0 Å². The molecule has 0 N–H and O–H groups in total. The zero-order valence-corrected chi connectivity index (χ0v) is 13.7. The standard InChI is InChI=1S/C19H18N2O3/c1-13-6-5-7-14(10-13)12-21-19(23)16-9-4-3-8-15(16)17(20-21)11-18(22)24-2/h3-10H,11-12H2,1-2H3. The van der Waals surface area contributed by atoms with E-state index >= 15 is 0 Å². The third-order valence-corrected chi connectivity index (χ3v) is 3.90. The van der Waals surface area contributed by atoms with E-state index in [1.54, 1.807) is 12.1 Å². The Morgan fingerprint density at radius 3 is 2.58 bits per heavy atom. The predicted octanol–water partition coefficient (Wildman–Crippen LogP) is 2.47. The van der Waals surface area contributed by atoms with Crippen LogP contribution in [0.1, 0.15) is 16.8 Å². The van der Waals surface area contributed by atoms with Gasteiger partial charge in [0.15, 0.2) is 0 Å². The van der Waals surface area contributed by atoms with Gasteiger partial charge < -0.3 is 4.74 Å². The summed E-state index contributed by atoms with van der Waals surface area (Å²) in [5.41, 5.74) is 2.49. The minimum absolute atomic E-state index is 0.0328. The topological polar surface area (TPSA) is 61.2 Å². The molecule has 2 aromatic carbocycles. The van der Waals surface area contributed by atoms with Crippen molar-refractivity contribution < 1.29 is 9.53 Å². The van der Waals surface area contributed by atoms with E-state index in [0.717, 1.165) is 11.1 Å². The first kappa shape index (κ1) is 15.9. The molecular weight excluding hydrogens is 304 g/mol. The smallest absolute Gasteiger partial charge is 0.311 e. The van der Waals surface area contributed by atoms with Crippen LogP contribution < -0.4 is 5.56 Å². The van der Waals surface area contributed by atoms with Gasteiger partial charge in [-0.1, -0.05) is 48.0 Å². The van der Waals surface area contributed by atoms with Gasteiger partial charge in [-0.2, -0.15) is 5.10 Å². The molecule has 0 aliphatic rings. The summed E-state index contributed by atoms with van der Waals surface area (Å²) in [7, 11) is 1.34. The molecule has 122 valence electrons. The fourth-order valence-electron chi connectivity index (χ4n) is 2.74. The lowest BCUT2D eigenvalue weighted by Crippen LogP contribution is -2.26. The first-order valence-corrected chi connectivity index (χ1v) is 7.69. The van der Waals surface area contributed by atoms with Crippen molar-refractivity contribution in [3.05, 3.63) is 75.7 Å². The number of benzene rings is 2. The maximum Gasteiger partial charge on any atom is 0.311 e. The number of aromatic nitrogens is 2. The van der Waals surface area contributed by atoms with Crippen molar-refractivity contribution in [2.24, 2.45) is 0 Å². The van der Waals surface area contributed by atoms with E-state index in [1.165, 1.54) is 11.8 Å². The minimum Gasteiger partial charge on any atom is -0.469 e. The Kier molecular flexibility index (Phi) is 4.42. The van der Waals surface area contributed by atoms with Gasteiger partial charge in [-0.3, -0.25) is 9.59 Å². The second-order valence-corrected chi connectivity index (χ2v) is 5.70. The Labute approximate surface area is 139 Å².